The number of ether oxygens (including phenoxy) is 2. The Morgan fingerprint density at radius 3 is 0.812 bits per heavy atom. The van der Waals surface area contributed by atoms with E-state index in [1.54, 1.807) is 14.2 Å². The van der Waals surface area contributed by atoms with Gasteiger partial charge in [0.1, 0.15) is 11.5 Å². The first-order chi connectivity index (χ1) is 23.2. The van der Waals surface area contributed by atoms with Crippen LogP contribution in [0.3, 0.4) is 0 Å². The van der Waals surface area contributed by atoms with E-state index in [2.05, 4.69) is 163 Å². The van der Waals surface area contributed by atoms with Gasteiger partial charge in [0.2, 0.25) is 0 Å². The van der Waals surface area contributed by atoms with Gasteiger partial charge in [0.05, 0.1) is 14.2 Å². The molecule has 0 atom stereocenters. The van der Waals surface area contributed by atoms with Crippen LogP contribution in [-0.2, 0) is 0 Å². The van der Waals surface area contributed by atoms with Crippen LogP contribution in [0, 0.1) is 41.5 Å². The highest BCUT2D eigenvalue weighted by molar-refractivity contribution is 7.81. The van der Waals surface area contributed by atoms with Gasteiger partial charge in [-0.25, -0.2) is 0 Å². The van der Waals surface area contributed by atoms with E-state index in [4.69, 9.17) is 9.47 Å². The molecule has 0 radical (unpaired) electrons. The number of rotatable bonds is 9. The van der Waals surface area contributed by atoms with Crippen LogP contribution in [0.5, 0.6) is 11.5 Å². The van der Waals surface area contributed by atoms with Gasteiger partial charge in [-0.15, -0.1) is 0 Å². The lowest BCUT2D eigenvalue weighted by atomic mass is 9.99. The van der Waals surface area contributed by atoms with E-state index in [-0.39, 0.29) is 0 Å². The zero-order valence-corrected chi connectivity index (χ0v) is 31.0. The van der Waals surface area contributed by atoms with Crippen molar-refractivity contribution < 1.29 is 9.47 Å². The Morgan fingerprint density at radius 1 is 0.333 bits per heavy atom. The van der Waals surface area contributed by atoms with E-state index in [0.29, 0.717) is 0 Å². The smallest absolute Gasteiger partial charge is 0.127 e. The minimum atomic E-state index is -0.962. The summed E-state index contributed by atoms with van der Waals surface area (Å²) in [6, 6.07) is 45.1. The van der Waals surface area contributed by atoms with Gasteiger partial charge in [-0.2, -0.15) is 0 Å². The standard InChI is InChI=1S/C44H44O2P2/c1-29-9-19-35(20-10-29)47(36-21-11-30(2)12-22-36)43-33(5)17-27-39(45-7)41(43)42-40(46-8)28-18-34(6)44(42)48(37-23-13-31(3)14-24-37)38-25-15-32(4)16-26-38/h9-28H,1-8H3. The average Bonchev–Trinajstić information content (AvgIpc) is 3.09. The lowest BCUT2D eigenvalue weighted by Gasteiger charge is -2.30. The molecule has 0 N–H and O–H groups in total. The summed E-state index contributed by atoms with van der Waals surface area (Å²) in [7, 11) is 1.66. The number of hydrogen-bond donors (Lipinski definition) is 0. The Morgan fingerprint density at radius 2 is 0.583 bits per heavy atom. The molecule has 0 saturated carbocycles. The fourth-order valence-electron chi connectivity index (χ4n) is 6.34. The van der Waals surface area contributed by atoms with Crippen LogP contribution < -0.4 is 41.3 Å². The first-order valence-corrected chi connectivity index (χ1v) is 19.1. The molecule has 6 aromatic carbocycles. The predicted molar refractivity (Wildman–Crippen MR) is 211 cm³/mol. The molecule has 0 unspecified atom stereocenters. The fraction of sp³-hybridized carbons (Fsp3) is 0.182. The molecule has 6 rings (SSSR count). The molecule has 0 saturated heterocycles. The van der Waals surface area contributed by atoms with Gasteiger partial charge in [0.15, 0.2) is 0 Å². The minimum Gasteiger partial charge on any atom is -0.496 e. The third-order valence-corrected chi connectivity index (χ3v) is 14.3. The minimum absolute atomic E-state index is 0.857. The zero-order chi connectivity index (χ0) is 33.9. The molecule has 2 nitrogen and oxygen atoms in total. The maximum atomic E-state index is 6.33. The molecule has 0 heterocycles. The van der Waals surface area contributed by atoms with Crippen LogP contribution >= 0.6 is 15.8 Å². The molecule has 48 heavy (non-hydrogen) atoms. The van der Waals surface area contributed by atoms with Gasteiger partial charge in [-0.05, 0) is 112 Å². The monoisotopic (exact) mass is 666 g/mol. The van der Waals surface area contributed by atoms with Crippen molar-refractivity contribution in [1.82, 2.24) is 0 Å². The quantitative estimate of drug-likeness (QED) is 0.144. The Labute approximate surface area is 289 Å². The van der Waals surface area contributed by atoms with Crippen molar-refractivity contribution in [2.24, 2.45) is 0 Å². The Balaban J connectivity index is 1.75. The highest BCUT2D eigenvalue weighted by Gasteiger charge is 2.32. The van der Waals surface area contributed by atoms with E-state index in [9.17, 15) is 0 Å². The third-order valence-electron chi connectivity index (χ3n) is 8.99. The van der Waals surface area contributed by atoms with E-state index < -0.39 is 15.8 Å². The van der Waals surface area contributed by atoms with E-state index in [0.717, 1.165) is 22.6 Å². The average molecular weight is 667 g/mol. The first kappa shape index (κ1) is 33.7. The van der Waals surface area contributed by atoms with Crippen LogP contribution in [0.15, 0.2) is 121 Å². The number of hydrogen-bond acceptors (Lipinski definition) is 2. The first-order valence-electron chi connectivity index (χ1n) is 16.4. The lowest BCUT2D eigenvalue weighted by molar-refractivity contribution is 0.410. The van der Waals surface area contributed by atoms with Crippen molar-refractivity contribution in [3.63, 3.8) is 0 Å². The topological polar surface area (TPSA) is 18.5 Å². The molecule has 0 fully saturated rings. The Hall–Kier alpha value is -4.22. The second kappa shape index (κ2) is 14.5. The molecule has 4 heteroatoms. The summed E-state index contributed by atoms with van der Waals surface area (Å²) in [6.45, 7) is 13.1. The van der Waals surface area contributed by atoms with Crippen molar-refractivity contribution in [2.45, 2.75) is 41.5 Å². The molecule has 0 aromatic heterocycles. The summed E-state index contributed by atoms with van der Waals surface area (Å²) < 4.78 is 12.7. The van der Waals surface area contributed by atoms with Gasteiger partial charge < -0.3 is 9.47 Å². The van der Waals surface area contributed by atoms with Crippen molar-refractivity contribution >= 4 is 47.7 Å². The third kappa shape index (κ3) is 6.71. The molecule has 0 spiro atoms. The molecule has 0 bridgehead atoms. The molecule has 0 amide bonds. The highest BCUT2D eigenvalue weighted by Crippen LogP contribution is 2.48. The van der Waals surface area contributed by atoms with E-state index in [1.807, 2.05) is 0 Å². The van der Waals surface area contributed by atoms with Crippen molar-refractivity contribution in [3.05, 3.63) is 155 Å². The molecule has 6 aromatic rings. The van der Waals surface area contributed by atoms with Gasteiger partial charge in [0, 0.05) is 11.1 Å². The van der Waals surface area contributed by atoms with Crippen molar-refractivity contribution in [3.8, 4) is 22.6 Å². The molecular formula is C44H44O2P2. The maximum absolute atomic E-state index is 6.33. The molecule has 0 aliphatic rings. The summed E-state index contributed by atoms with van der Waals surface area (Å²) in [5, 5.41) is 7.83. The number of methoxy groups -OCH3 is 2. The number of benzene rings is 6. The van der Waals surface area contributed by atoms with E-state index in [1.165, 1.54) is 65.2 Å². The summed E-state index contributed by atoms with van der Waals surface area (Å²) in [5.74, 6) is 1.71. The summed E-state index contributed by atoms with van der Waals surface area (Å²) >= 11 is 0. The van der Waals surface area contributed by atoms with Crippen LogP contribution in [0.25, 0.3) is 11.1 Å². The predicted octanol–water partition coefficient (Wildman–Crippen LogP) is 8.74. The zero-order valence-electron chi connectivity index (χ0n) is 29.3. The lowest BCUT2D eigenvalue weighted by Crippen LogP contribution is -2.29. The Bertz CT molecular complexity index is 1790. The van der Waals surface area contributed by atoms with Gasteiger partial charge in [0.25, 0.3) is 0 Å². The second-order valence-electron chi connectivity index (χ2n) is 12.6. The van der Waals surface area contributed by atoms with Crippen LogP contribution in [0.1, 0.15) is 33.4 Å². The van der Waals surface area contributed by atoms with Crippen molar-refractivity contribution in [2.75, 3.05) is 14.2 Å². The van der Waals surface area contributed by atoms with Crippen LogP contribution in [0.2, 0.25) is 0 Å². The molecule has 0 aliphatic carbocycles. The Kier molecular flexibility index (Phi) is 10.2. The molecular weight excluding hydrogens is 622 g/mol. The highest BCUT2D eigenvalue weighted by atomic mass is 31.1. The maximum Gasteiger partial charge on any atom is 0.127 e. The largest absolute Gasteiger partial charge is 0.496 e. The molecule has 242 valence electrons. The number of aryl methyl sites for hydroxylation is 6. The van der Waals surface area contributed by atoms with Gasteiger partial charge in [-0.1, -0.05) is 131 Å². The van der Waals surface area contributed by atoms with Crippen LogP contribution in [-0.4, -0.2) is 14.2 Å². The van der Waals surface area contributed by atoms with Crippen LogP contribution in [0.4, 0.5) is 0 Å². The van der Waals surface area contributed by atoms with Gasteiger partial charge >= 0.3 is 0 Å². The second-order valence-corrected chi connectivity index (χ2v) is 16.9. The summed E-state index contributed by atoms with van der Waals surface area (Å²) in [4.78, 5) is 0. The normalized spacial score (nSPS) is 11.3. The fourth-order valence-corrected chi connectivity index (χ4v) is 11.5. The van der Waals surface area contributed by atoms with Crippen molar-refractivity contribution in [1.29, 1.82) is 0 Å². The summed E-state index contributed by atoms with van der Waals surface area (Å²) in [5.41, 5.74) is 9.73. The summed E-state index contributed by atoms with van der Waals surface area (Å²) in [6.07, 6.45) is 0. The van der Waals surface area contributed by atoms with Gasteiger partial charge in [-0.3, -0.25) is 0 Å². The molecule has 0 aliphatic heterocycles. The van der Waals surface area contributed by atoms with E-state index >= 15 is 0 Å². The SMILES string of the molecule is COc1ccc(C)c(P(c2ccc(C)cc2)c2ccc(C)cc2)c1-c1c(OC)ccc(C)c1P(c1ccc(C)cc1)c1ccc(C)cc1.